The van der Waals surface area contributed by atoms with Gasteiger partial charge in [-0.05, 0) is 23.1 Å². The topological polar surface area (TPSA) is 27.7 Å². The third kappa shape index (κ3) is 2.06. The van der Waals surface area contributed by atoms with Crippen molar-refractivity contribution in [3.8, 4) is 17.2 Å². The molecular formula is C14H15ClO3. The summed E-state index contributed by atoms with van der Waals surface area (Å²) in [5.74, 6) is 2.38. The molecule has 0 amide bonds. The Morgan fingerprint density at radius 3 is 2.22 bits per heavy atom. The minimum Gasteiger partial charge on any atom is -0.493 e. The summed E-state index contributed by atoms with van der Waals surface area (Å²) in [6.07, 6.45) is 0. The molecule has 0 aromatic heterocycles. The van der Waals surface area contributed by atoms with Crippen molar-refractivity contribution in [2.75, 3.05) is 21.3 Å². The van der Waals surface area contributed by atoms with Gasteiger partial charge in [0.15, 0.2) is 11.5 Å². The molecule has 0 radical (unpaired) electrons. The van der Waals surface area contributed by atoms with Crippen LogP contribution in [-0.2, 0) is 5.88 Å². The first-order valence-corrected chi connectivity index (χ1v) is 6.06. The Morgan fingerprint density at radius 1 is 0.944 bits per heavy atom. The van der Waals surface area contributed by atoms with Crippen molar-refractivity contribution < 1.29 is 14.2 Å². The highest BCUT2D eigenvalue weighted by Gasteiger charge is 2.15. The van der Waals surface area contributed by atoms with Crippen molar-refractivity contribution in [1.82, 2.24) is 0 Å². The third-order valence-electron chi connectivity index (χ3n) is 2.86. The first-order valence-electron chi connectivity index (χ1n) is 5.52. The lowest BCUT2D eigenvalue weighted by Crippen LogP contribution is -1.96. The van der Waals surface area contributed by atoms with Gasteiger partial charge in [-0.25, -0.2) is 0 Å². The number of alkyl halides is 1. The van der Waals surface area contributed by atoms with Crippen molar-refractivity contribution in [1.29, 1.82) is 0 Å². The van der Waals surface area contributed by atoms with Gasteiger partial charge in [-0.2, -0.15) is 0 Å². The lowest BCUT2D eigenvalue weighted by atomic mass is 10.1. The molecule has 0 saturated heterocycles. The van der Waals surface area contributed by atoms with Crippen LogP contribution in [-0.4, -0.2) is 21.3 Å². The van der Waals surface area contributed by atoms with E-state index in [1.54, 1.807) is 21.3 Å². The summed E-state index contributed by atoms with van der Waals surface area (Å²) in [6, 6.07) is 7.91. The Bertz CT molecular complexity index is 566. The first kappa shape index (κ1) is 12.8. The highest BCUT2D eigenvalue weighted by molar-refractivity contribution is 6.17. The molecule has 0 aliphatic heterocycles. The Kier molecular flexibility index (Phi) is 3.82. The van der Waals surface area contributed by atoms with Crippen molar-refractivity contribution in [3.63, 3.8) is 0 Å². The average Bonchev–Trinajstić information content (AvgIpc) is 2.44. The Hall–Kier alpha value is -1.61. The summed E-state index contributed by atoms with van der Waals surface area (Å²) in [6.45, 7) is 0. The normalized spacial score (nSPS) is 10.4. The molecule has 0 unspecified atom stereocenters. The molecule has 0 atom stereocenters. The van der Waals surface area contributed by atoms with Crippen molar-refractivity contribution in [2.45, 2.75) is 5.88 Å². The average molecular weight is 267 g/mol. The maximum absolute atomic E-state index is 5.86. The molecule has 0 spiro atoms. The van der Waals surface area contributed by atoms with Crippen LogP contribution in [0, 0.1) is 0 Å². The van der Waals surface area contributed by atoms with E-state index >= 15 is 0 Å². The Labute approximate surface area is 111 Å². The van der Waals surface area contributed by atoms with Gasteiger partial charge < -0.3 is 14.2 Å². The Morgan fingerprint density at radius 2 is 1.67 bits per heavy atom. The van der Waals surface area contributed by atoms with Gasteiger partial charge in [0.2, 0.25) is 5.75 Å². The zero-order valence-corrected chi connectivity index (χ0v) is 11.4. The lowest BCUT2D eigenvalue weighted by Gasteiger charge is -2.15. The molecule has 0 aliphatic carbocycles. The molecule has 0 bridgehead atoms. The second-order valence-electron chi connectivity index (χ2n) is 3.83. The van der Waals surface area contributed by atoms with Gasteiger partial charge in [0.25, 0.3) is 0 Å². The molecule has 4 heteroatoms. The minimum absolute atomic E-state index is 0.466. The van der Waals surface area contributed by atoms with E-state index in [2.05, 4.69) is 0 Å². The zero-order chi connectivity index (χ0) is 13.1. The van der Waals surface area contributed by atoms with E-state index in [0.29, 0.717) is 23.1 Å². The summed E-state index contributed by atoms with van der Waals surface area (Å²) in [4.78, 5) is 0. The number of hydrogen-bond donors (Lipinski definition) is 0. The molecule has 0 aliphatic rings. The van der Waals surface area contributed by atoms with Gasteiger partial charge in [-0.3, -0.25) is 0 Å². The maximum Gasteiger partial charge on any atom is 0.203 e. The number of hydrogen-bond acceptors (Lipinski definition) is 3. The van der Waals surface area contributed by atoms with Gasteiger partial charge in [0, 0.05) is 11.3 Å². The minimum atomic E-state index is 0.466. The van der Waals surface area contributed by atoms with Crippen molar-refractivity contribution in [2.24, 2.45) is 0 Å². The summed E-state index contributed by atoms with van der Waals surface area (Å²) >= 11 is 5.86. The van der Waals surface area contributed by atoms with Crippen LogP contribution < -0.4 is 14.2 Å². The van der Waals surface area contributed by atoms with Crippen LogP contribution in [0.15, 0.2) is 24.3 Å². The molecule has 0 heterocycles. The fraction of sp³-hybridized carbons (Fsp3) is 0.286. The van der Waals surface area contributed by atoms with E-state index in [4.69, 9.17) is 25.8 Å². The van der Waals surface area contributed by atoms with Crippen LogP contribution in [0.1, 0.15) is 5.56 Å². The molecule has 0 N–H and O–H groups in total. The fourth-order valence-electron chi connectivity index (χ4n) is 2.00. The highest BCUT2D eigenvalue weighted by Crippen LogP contribution is 2.43. The van der Waals surface area contributed by atoms with E-state index < -0.39 is 0 Å². The summed E-state index contributed by atoms with van der Waals surface area (Å²) in [5, 5.41) is 1.99. The van der Waals surface area contributed by atoms with Gasteiger partial charge in [-0.15, -0.1) is 11.6 Å². The first-order chi connectivity index (χ1) is 8.74. The molecule has 18 heavy (non-hydrogen) atoms. The molecular weight excluding hydrogens is 252 g/mol. The SMILES string of the molecule is COc1cc2ccc(CCl)cc2c(OC)c1OC. The number of ether oxygens (including phenoxy) is 3. The summed E-state index contributed by atoms with van der Waals surface area (Å²) < 4.78 is 16.1. The summed E-state index contributed by atoms with van der Waals surface area (Å²) in [7, 11) is 4.82. The van der Waals surface area contributed by atoms with Crippen LogP contribution in [0.5, 0.6) is 17.2 Å². The van der Waals surface area contributed by atoms with Crippen molar-refractivity contribution >= 4 is 22.4 Å². The molecule has 0 fully saturated rings. The molecule has 2 rings (SSSR count). The molecule has 2 aromatic rings. The summed E-state index contributed by atoms with van der Waals surface area (Å²) in [5.41, 5.74) is 1.04. The van der Waals surface area contributed by atoms with E-state index in [0.717, 1.165) is 16.3 Å². The third-order valence-corrected chi connectivity index (χ3v) is 3.17. The van der Waals surface area contributed by atoms with E-state index in [-0.39, 0.29) is 0 Å². The monoisotopic (exact) mass is 266 g/mol. The standard InChI is InChI=1S/C14H15ClO3/c1-16-12-7-10-5-4-9(8-15)6-11(10)13(17-2)14(12)18-3/h4-7H,8H2,1-3H3. The van der Waals surface area contributed by atoms with Gasteiger partial charge in [0.1, 0.15) is 0 Å². The van der Waals surface area contributed by atoms with Crippen LogP contribution in [0.25, 0.3) is 10.8 Å². The second kappa shape index (κ2) is 5.36. The number of benzene rings is 2. The molecule has 0 saturated carbocycles. The Balaban J connectivity index is 2.79. The predicted octanol–water partition coefficient (Wildman–Crippen LogP) is 3.60. The highest BCUT2D eigenvalue weighted by atomic mass is 35.5. The molecule has 96 valence electrons. The number of rotatable bonds is 4. The van der Waals surface area contributed by atoms with E-state index in [1.165, 1.54) is 0 Å². The quantitative estimate of drug-likeness (QED) is 0.792. The fourth-order valence-corrected chi connectivity index (χ4v) is 2.16. The number of methoxy groups -OCH3 is 3. The van der Waals surface area contributed by atoms with Crippen LogP contribution in [0.2, 0.25) is 0 Å². The van der Waals surface area contributed by atoms with Crippen LogP contribution in [0.3, 0.4) is 0 Å². The van der Waals surface area contributed by atoms with Gasteiger partial charge in [0.05, 0.1) is 21.3 Å². The van der Waals surface area contributed by atoms with Gasteiger partial charge >= 0.3 is 0 Å². The van der Waals surface area contributed by atoms with Crippen molar-refractivity contribution in [3.05, 3.63) is 29.8 Å². The smallest absolute Gasteiger partial charge is 0.203 e. The van der Waals surface area contributed by atoms with E-state index in [1.807, 2.05) is 24.3 Å². The van der Waals surface area contributed by atoms with Gasteiger partial charge in [-0.1, -0.05) is 12.1 Å². The largest absolute Gasteiger partial charge is 0.493 e. The molecule has 2 aromatic carbocycles. The van der Waals surface area contributed by atoms with Crippen LogP contribution in [0.4, 0.5) is 0 Å². The molecule has 3 nitrogen and oxygen atoms in total. The predicted molar refractivity (Wildman–Crippen MR) is 73.2 cm³/mol. The number of halogens is 1. The second-order valence-corrected chi connectivity index (χ2v) is 4.10. The maximum atomic E-state index is 5.86. The zero-order valence-electron chi connectivity index (χ0n) is 10.6. The van der Waals surface area contributed by atoms with Crippen LogP contribution >= 0.6 is 11.6 Å². The van der Waals surface area contributed by atoms with E-state index in [9.17, 15) is 0 Å². The lowest BCUT2D eigenvalue weighted by molar-refractivity contribution is 0.327. The number of fused-ring (bicyclic) bond motifs is 1.